The zero-order valence-electron chi connectivity index (χ0n) is 21.9. The van der Waals surface area contributed by atoms with Gasteiger partial charge in [0.15, 0.2) is 0 Å². The Balaban J connectivity index is 1.28. The second kappa shape index (κ2) is 13.1. The third-order valence-corrected chi connectivity index (χ3v) is 6.05. The first-order chi connectivity index (χ1) is 18.9. The van der Waals surface area contributed by atoms with Gasteiger partial charge in [-0.3, -0.25) is 0 Å². The van der Waals surface area contributed by atoms with Crippen molar-refractivity contribution >= 4 is 11.9 Å². The van der Waals surface area contributed by atoms with Crippen LogP contribution < -0.4 is 9.47 Å². The van der Waals surface area contributed by atoms with Gasteiger partial charge in [0.1, 0.15) is 18.1 Å². The molecule has 0 atom stereocenters. The molecule has 0 heterocycles. The van der Waals surface area contributed by atoms with Crippen molar-refractivity contribution in [2.24, 2.45) is 0 Å². The van der Waals surface area contributed by atoms with Crippen LogP contribution in [0.15, 0.2) is 122 Å². The Hall–Kier alpha value is -4.90. The molecule has 0 N–H and O–H groups in total. The van der Waals surface area contributed by atoms with Crippen LogP contribution in [0.2, 0.25) is 0 Å². The number of ether oxygens (including phenoxy) is 3. The van der Waals surface area contributed by atoms with Crippen LogP contribution in [0.4, 0.5) is 0 Å². The summed E-state index contributed by atoms with van der Waals surface area (Å²) in [5.41, 5.74) is 6.82. The summed E-state index contributed by atoms with van der Waals surface area (Å²) in [4.78, 5) is 22.8. The molecule has 5 nitrogen and oxygen atoms in total. The normalized spacial score (nSPS) is 10.4. The van der Waals surface area contributed by atoms with Crippen molar-refractivity contribution in [2.45, 2.75) is 20.0 Å². The van der Waals surface area contributed by atoms with E-state index in [0.29, 0.717) is 31.0 Å². The first-order valence-corrected chi connectivity index (χ1v) is 12.6. The zero-order valence-corrected chi connectivity index (χ0v) is 21.9. The number of hydrogen-bond acceptors (Lipinski definition) is 5. The van der Waals surface area contributed by atoms with Gasteiger partial charge in [-0.2, -0.15) is 0 Å². The lowest BCUT2D eigenvalue weighted by atomic mass is 10.0. The average Bonchev–Trinajstić information content (AvgIpc) is 2.97. The van der Waals surface area contributed by atoms with Gasteiger partial charge in [-0.1, -0.05) is 86.0 Å². The lowest BCUT2D eigenvalue weighted by Gasteiger charge is -2.10. The molecule has 0 amide bonds. The first-order valence-electron chi connectivity index (χ1n) is 12.6. The van der Waals surface area contributed by atoms with Gasteiger partial charge < -0.3 is 14.2 Å². The summed E-state index contributed by atoms with van der Waals surface area (Å²) in [6.45, 7) is 9.40. The average molecular weight is 519 g/mol. The Morgan fingerprint density at radius 3 is 1.64 bits per heavy atom. The number of esters is 2. The highest BCUT2D eigenvalue weighted by Crippen LogP contribution is 2.26. The van der Waals surface area contributed by atoms with E-state index in [4.69, 9.17) is 14.2 Å². The maximum absolute atomic E-state index is 11.7. The van der Waals surface area contributed by atoms with Crippen LogP contribution in [0.5, 0.6) is 11.5 Å². The highest BCUT2D eigenvalue weighted by atomic mass is 16.5. The van der Waals surface area contributed by atoms with E-state index in [1.54, 1.807) is 19.1 Å². The number of hydrogen-bond donors (Lipinski definition) is 0. The maximum Gasteiger partial charge on any atom is 0.338 e. The van der Waals surface area contributed by atoms with E-state index >= 15 is 0 Å². The largest absolute Gasteiger partial charge is 0.489 e. The van der Waals surface area contributed by atoms with Gasteiger partial charge in [-0.05, 0) is 64.6 Å². The van der Waals surface area contributed by atoms with E-state index < -0.39 is 11.9 Å². The fourth-order valence-corrected chi connectivity index (χ4v) is 3.81. The van der Waals surface area contributed by atoms with E-state index in [1.165, 1.54) is 6.08 Å². The molecule has 0 bridgehead atoms. The van der Waals surface area contributed by atoms with Crippen molar-refractivity contribution in [2.75, 3.05) is 6.61 Å². The Morgan fingerprint density at radius 2 is 1.15 bits per heavy atom. The molecule has 0 aliphatic carbocycles. The van der Waals surface area contributed by atoms with Crippen LogP contribution in [-0.2, 0) is 27.4 Å². The van der Waals surface area contributed by atoms with Gasteiger partial charge in [-0.25, -0.2) is 9.59 Å². The standard InChI is InChI=1S/C34H30O5/c1-4-33(35)37-22-21-25-5-9-27(10-6-25)28-11-7-26(8-12-28)23-38-31-17-13-29(14-18-31)30-15-19-32(20-16-30)39-34(36)24(2)3/h4-20H,1-2,21-23H2,3H3. The number of carbonyl (C=O) groups excluding carboxylic acids is 2. The Labute approximate surface area is 229 Å². The molecule has 0 saturated carbocycles. The van der Waals surface area contributed by atoms with E-state index in [-0.39, 0.29) is 0 Å². The minimum absolute atomic E-state index is 0.337. The summed E-state index contributed by atoms with van der Waals surface area (Å²) >= 11 is 0. The van der Waals surface area contributed by atoms with Crippen LogP contribution in [0, 0.1) is 0 Å². The third-order valence-electron chi connectivity index (χ3n) is 6.05. The van der Waals surface area contributed by atoms with Crippen LogP contribution in [0.25, 0.3) is 22.3 Å². The van der Waals surface area contributed by atoms with Crippen molar-refractivity contribution in [3.63, 3.8) is 0 Å². The van der Waals surface area contributed by atoms with E-state index in [0.717, 1.165) is 39.1 Å². The molecule has 0 saturated heterocycles. The van der Waals surface area contributed by atoms with Crippen molar-refractivity contribution in [3.8, 4) is 33.8 Å². The predicted octanol–water partition coefficient (Wildman–Crippen LogP) is 7.35. The maximum atomic E-state index is 11.7. The molecule has 4 rings (SSSR count). The highest BCUT2D eigenvalue weighted by Gasteiger charge is 2.06. The summed E-state index contributed by atoms with van der Waals surface area (Å²) in [6, 6.07) is 31.8. The molecule has 0 unspecified atom stereocenters. The summed E-state index contributed by atoms with van der Waals surface area (Å²) < 4.78 is 16.3. The van der Waals surface area contributed by atoms with E-state index in [1.807, 2.05) is 48.5 Å². The van der Waals surface area contributed by atoms with Crippen LogP contribution in [0.3, 0.4) is 0 Å². The minimum atomic E-state index is -0.435. The van der Waals surface area contributed by atoms with E-state index in [9.17, 15) is 9.59 Å². The van der Waals surface area contributed by atoms with Gasteiger partial charge in [0.05, 0.1) is 6.61 Å². The van der Waals surface area contributed by atoms with Crippen molar-refractivity contribution in [1.82, 2.24) is 0 Å². The third kappa shape index (κ3) is 7.79. The summed E-state index contributed by atoms with van der Waals surface area (Å²) in [5.74, 6) is 0.428. The minimum Gasteiger partial charge on any atom is -0.489 e. The first kappa shape index (κ1) is 27.1. The SMILES string of the molecule is C=CC(=O)OCCc1ccc(-c2ccc(COc3ccc(-c4ccc(OC(=O)C(=C)C)cc4)cc3)cc2)cc1. The van der Waals surface area contributed by atoms with E-state index in [2.05, 4.69) is 49.6 Å². The molecule has 0 aliphatic rings. The number of rotatable bonds is 11. The number of benzene rings is 4. The van der Waals surface area contributed by atoms with Gasteiger partial charge in [0.25, 0.3) is 0 Å². The lowest BCUT2D eigenvalue weighted by molar-refractivity contribution is -0.137. The fourth-order valence-electron chi connectivity index (χ4n) is 3.81. The second-order valence-electron chi connectivity index (χ2n) is 9.02. The van der Waals surface area contributed by atoms with Crippen molar-refractivity contribution < 1.29 is 23.8 Å². The van der Waals surface area contributed by atoms with Crippen molar-refractivity contribution in [1.29, 1.82) is 0 Å². The molecule has 39 heavy (non-hydrogen) atoms. The van der Waals surface area contributed by atoms with Gasteiger partial charge in [-0.15, -0.1) is 0 Å². The fraction of sp³-hybridized carbons (Fsp3) is 0.118. The summed E-state index contributed by atoms with van der Waals surface area (Å²) in [7, 11) is 0. The monoisotopic (exact) mass is 518 g/mol. The Kier molecular flexibility index (Phi) is 9.09. The molecule has 0 fully saturated rings. The predicted molar refractivity (Wildman–Crippen MR) is 153 cm³/mol. The molecule has 5 heteroatoms. The Bertz CT molecular complexity index is 1430. The quantitative estimate of drug-likeness (QED) is 0.118. The molecule has 0 aliphatic heterocycles. The second-order valence-corrected chi connectivity index (χ2v) is 9.02. The molecule has 0 aromatic heterocycles. The zero-order chi connectivity index (χ0) is 27.6. The lowest BCUT2D eigenvalue weighted by Crippen LogP contribution is -2.07. The van der Waals surface area contributed by atoms with Crippen LogP contribution in [-0.4, -0.2) is 18.5 Å². The van der Waals surface area contributed by atoms with Crippen molar-refractivity contribution in [3.05, 3.63) is 133 Å². The number of carbonyl (C=O) groups is 2. The van der Waals surface area contributed by atoms with Gasteiger partial charge in [0.2, 0.25) is 0 Å². The molecular weight excluding hydrogens is 488 g/mol. The molecular formula is C34H30O5. The molecule has 4 aromatic rings. The molecule has 4 aromatic carbocycles. The molecule has 0 spiro atoms. The highest BCUT2D eigenvalue weighted by molar-refractivity contribution is 5.88. The van der Waals surface area contributed by atoms with Gasteiger partial charge in [0, 0.05) is 18.1 Å². The van der Waals surface area contributed by atoms with Crippen LogP contribution in [0.1, 0.15) is 18.1 Å². The van der Waals surface area contributed by atoms with Gasteiger partial charge >= 0.3 is 11.9 Å². The Morgan fingerprint density at radius 1 is 0.692 bits per heavy atom. The molecule has 0 radical (unpaired) electrons. The topological polar surface area (TPSA) is 61.8 Å². The van der Waals surface area contributed by atoms with Crippen LogP contribution >= 0.6 is 0 Å². The smallest absolute Gasteiger partial charge is 0.338 e. The molecule has 196 valence electrons. The summed E-state index contributed by atoms with van der Waals surface area (Å²) in [5, 5.41) is 0. The summed E-state index contributed by atoms with van der Waals surface area (Å²) in [6.07, 6.45) is 1.83.